The minimum Gasteiger partial charge on any atom is -0.454 e. The van der Waals surface area contributed by atoms with Crippen molar-refractivity contribution in [1.82, 2.24) is 10.6 Å². The summed E-state index contributed by atoms with van der Waals surface area (Å²) in [5.41, 5.74) is 0.0572. The van der Waals surface area contributed by atoms with E-state index in [-0.39, 0.29) is 0 Å². The van der Waals surface area contributed by atoms with Crippen molar-refractivity contribution in [3.8, 4) is 6.07 Å². The molecule has 2 N–H and O–H groups in total. The molecule has 30 heavy (non-hydrogen) atoms. The van der Waals surface area contributed by atoms with Crippen LogP contribution in [0.15, 0.2) is 60.7 Å². The van der Waals surface area contributed by atoms with Crippen molar-refractivity contribution in [2.75, 3.05) is 6.61 Å². The molecule has 1 atom stereocenters. The molecule has 2 amide bonds. The Morgan fingerprint density at radius 3 is 2.20 bits per heavy atom. The van der Waals surface area contributed by atoms with Crippen LogP contribution < -0.4 is 10.6 Å². The number of esters is 1. The molecule has 0 aliphatic heterocycles. The van der Waals surface area contributed by atoms with E-state index in [0.717, 1.165) is 12.8 Å². The molecule has 1 fully saturated rings. The molecule has 1 aliphatic rings. The van der Waals surface area contributed by atoms with E-state index >= 15 is 0 Å². The summed E-state index contributed by atoms with van der Waals surface area (Å²) in [5.74, 6) is -1.72. The van der Waals surface area contributed by atoms with Crippen molar-refractivity contribution in [2.24, 2.45) is 0 Å². The highest BCUT2D eigenvalue weighted by molar-refractivity contribution is 5.97. The first kappa shape index (κ1) is 21.1. The Kier molecular flexibility index (Phi) is 6.81. The summed E-state index contributed by atoms with van der Waals surface area (Å²) in [5, 5.41) is 14.7. The predicted octanol–water partition coefficient (Wildman–Crippen LogP) is 2.65. The summed E-state index contributed by atoms with van der Waals surface area (Å²) in [6, 6.07) is 18.3. The van der Waals surface area contributed by atoms with Crippen LogP contribution in [0.4, 0.5) is 0 Å². The molecule has 2 aromatic rings. The molecule has 2 aromatic carbocycles. The van der Waals surface area contributed by atoms with Crippen LogP contribution in [-0.2, 0) is 14.3 Å². The van der Waals surface area contributed by atoms with Gasteiger partial charge in [-0.1, -0.05) is 48.5 Å². The minimum absolute atomic E-state index is 0.404. The number of carbonyl (C=O) groups excluding carboxylic acids is 3. The first-order chi connectivity index (χ1) is 14.5. The van der Waals surface area contributed by atoms with Gasteiger partial charge in [-0.25, -0.2) is 4.79 Å². The van der Waals surface area contributed by atoms with Gasteiger partial charge in [-0.3, -0.25) is 9.59 Å². The maximum Gasteiger partial charge on any atom is 0.333 e. The Morgan fingerprint density at radius 1 is 1.00 bits per heavy atom. The second-order valence-electron chi connectivity index (χ2n) is 7.24. The molecule has 1 unspecified atom stereocenters. The van der Waals surface area contributed by atoms with E-state index in [1.54, 1.807) is 60.7 Å². The highest BCUT2D eigenvalue weighted by Crippen LogP contribution is 2.28. The van der Waals surface area contributed by atoms with Crippen LogP contribution in [0.1, 0.15) is 47.6 Å². The summed E-state index contributed by atoms with van der Waals surface area (Å²) in [6.45, 7) is -0.521. The van der Waals surface area contributed by atoms with E-state index in [4.69, 9.17) is 4.74 Å². The molecule has 1 aliphatic carbocycles. The summed E-state index contributed by atoms with van der Waals surface area (Å²) in [4.78, 5) is 37.5. The van der Waals surface area contributed by atoms with E-state index < -0.39 is 36.0 Å². The zero-order chi connectivity index (χ0) is 21.4. The average Bonchev–Trinajstić information content (AvgIpc) is 3.25. The number of ether oxygens (including phenoxy) is 1. The fraction of sp³-hybridized carbons (Fsp3) is 0.304. The molecule has 0 bridgehead atoms. The van der Waals surface area contributed by atoms with Gasteiger partial charge in [0.1, 0.15) is 5.54 Å². The van der Waals surface area contributed by atoms with Crippen molar-refractivity contribution in [2.45, 2.75) is 37.3 Å². The number of benzene rings is 2. The quantitative estimate of drug-likeness (QED) is 0.689. The third-order valence-corrected chi connectivity index (χ3v) is 5.08. The number of hydrogen-bond donors (Lipinski definition) is 2. The van der Waals surface area contributed by atoms with Gasteiger partial charge in [0, 0.05) is 5.56 Å². The second-order valence-corrected chi connectivity index (χ2v) is 7.24. The largest absolute Gasteiger partial charge is 0.454 e. The maximum absolute atomic E-state index is 12.7. The van der Waals surface area contributed by atoms with Crippen LogP contribution >= 0.6 is 0 Å². The fourth-order valence-electron chi connectivity index (χ4n) is 3.49. The third kappa shape index (κ3) is 5.23. The van der Waals surface area contributed by atoms with Gasteiger partial charge in [0.15, 0.2) is 12.6 Å². The Morgan fingerprint density at radius 2 is 1.60 bits per heavy atom. The molecular weight excluding hydrogens is 382 g/mol. The Labute approximate surface area is 175 Å². The molecule has 0 spiro atoms. The van der Waals surface area contributed by atoms with Crippen molar-refractivity contribution < 1.29 is 19.1 Å². The summed E-state index contributed by atoms with van der Waals surface area (Å²) < 4.78 is 5.18. The number of rotatable bonds is 7. The first-order valence-electron chi connectivity index (χ1n) is 9.83. The second kappa shape index (κ2) is 9.70. The monoisotopic (exact) mass is 405 g/mol. The SMILES string of the molecule is N#CC1(NC(=O)COC(=O)C(NC(=O)c2ccccc2)c2ccccc2)CCCC1. The minimum atomic E-state index is -1.07. The lowest BCUT2D eigenvalue weighted by molar-refractivity contribution is -0.151. The molecule has 7 nitrogen and oxygen atoms in total. The Hall–Kier alpha value is -3.66. The third-order valence-electron chi connectivity index (χ3n) is 5.08. The number of nitriles is 1. The topological polar surface area (TPSA) is 108 Å². The van der Waals surface area contributed by atoms with Gasteiger partial charge in [-0.2, -0.15) is 5.26 Å². The standard InChI is InChI=1S/C23H23N3O4/c24-16-23(13-7-8-14-23)26-19(27)15-30-22(29)20(17-9-3-1-4-10-17)25-21(28)18-11-5-2-6-12-18/h1-6,9-12,20H,7-8,13-15H2,(H,25,28)(H,26,27). The number of hydrogen-bond acceptors (Lipinski definition) is 5. The normalized spacial score (nSPS) is 15.4. The van der Waals surface area contributed by atoms with Crippen LogP contribution in [0.2, 0.25) is 0 Å². The number of carbonyl (C=O) groups is 3. The molecule has 0 saturated heterocycles. The Balaban J connectivity index is 1.66. The smallest absolute Gasteiger partial charge is 0.333 e. The van der Waals surface area contributed by atoms with E-state index in [1.807, 2.05) is 0 Å². The van der Waals surface area contributed by atoms with E-state index in [2.05, 4.69) is 16.7 Å². The van der Waals surface area contributed by atoms with E-state index in [9.17, 15) is 19.6 Å². The van der Waals surface area contributed by atoms with Crippen LogP contribution in [0.3, 0.4) is 0 Å². The van der Waals surface area contributed by atoms with Gasteiger partial charge in [-0.15, -0.1) is 0 Å². The molecule has 0 aromatic heterocycles. The molecule has 3 rings (SSSR count). The number of nitrogens with zero attached hydrogens (tertiary/aromatic N) is 1. The lowest BCUT2D eigenvalue weighted by Crippen LogP contribution is -2.47. The molecule has 154 valence electrons. The first-order valence-corrected chi connectivity index (χ1v) is 9.83. The predicted molar refractivity (Wildman–Crippen MR) is 109 cm³/mol. The molecule has 0 heterocycles. The van der Waals surface area contributed by atoms with E-state index in [0.29, 0.717) is 24.0 Å². The fourth-order valence-corrected chi connectivity index (χ4v) is 3.49. The van der Waals surface area contributed by atoms with Gasteiger partial charge < -0.3 is 15.4 Å². The van der Waals surface area contributed by atoms with Gasteiger partial charge in [0.25, 0.3) is 11.8 Å². The number of nitrogens with one attached hydrogen (secondary N) is 2. The van der Waals surface area contributed by atoms with Gasteiger partial charge in [-0.05, 0) is 43.4 Å². The van der Waals surface area contributed by atoms with Gasteiger partial charge in [0.05, 0.1) is 6.07 Å². The summed E-state index contributed by atoms with van der Waals surface area (Å²) >= 11 is 0. The van der Waals surface area contributed by atoms with Crippen molar-refractivity contribution >= 4 is 17.8 Å². The highest BCUT2D eigenvalue weighted by Gasteiger charge is 2.35. The zero-order valence-corrected chi connectivity index (χ0v) is 16.5. The average molecular weight is 405 g/mol. The molecule has 7 heteroatoms. The lowest BCUT2D eigenvalue weighted by Gasteiger charge is -2.22. The van der Waals surface area contributed by atoms with Crippen molar-refractivity contribution in [3.63, 3.8) is 0 Å². The Bertz CT molecular complexity index is 932. The zero-order valence-electron chi connectivity index (χ0n) is 16.5. The van der Waals surface area contributed by atoms with Crippen LogP contribution in [-0.4, -0.2) is 29.9 Å². The molecule has 0 radical (unpaired) electrons. The number of amides is 2. The van der Waals surface area contributed by atoms with Crippen molar-refractivity contribution in [3.05, 3.63) is 71.8 Å². The molecule has 1 saturated carbocycles. The van der Waals surface area contributed by atoms with Crippen LogP contribution in [0, 0.1) is 11.3 Å². The molecular formula is C23H23N3O4. The van der Waals surface area contributed by atoms with Crippen LogP contribution in [0.25, 0.3) is 0 Å². The van der Waals surface area contributed by atoms with E-state index in [1.165, 1.54) is 0 Å². The van der Waals surface area contributed by atoms with Gasteiger partial charge in [0.2, 0.25) is 0 Å². The van der Waals surface area contributed by atoms with Crippen LogP contribution in [0.5, 0.6) is 0 Å². The highest BCUT2D eigenvalue weighted by atomic mass is 16.5. The summed E-state index contributed by atoms with van der Waals surface area (Å²) in [6.07, 6.45) is 2.91. The summed E-state index contributed by atoms with van der Waals surface area (Å²) in [7, 11) is 0. The van der Waals surface area contributed by atoms with Gasteiger partial charge >= 0.3 is 5.97 Å². The lowest BCUT2D eigenvalue weighted by atomic mass is 10.00. The van der Waals surface area contributed by atoms with Crippen molar-refractivity contribution in [1.29, 1.82) is 5.26 Å². The maximum atomic E-state index is 12.7.